The lowest BCUT2D eigenvalue weighted by atomic mass is 9.93. The van der Waals surface area contributed by atoms with Gasteiger partial charge in [-0.15, -0.1) is 0 Å². The molecule has 1 heterocycles. The van der Waals surface area contributed by atoms with Crippen LogP contribution in [-0.2, 0) is 11.0 Å². The number of anilines is 1. The Labute approximate surface area is 216 Å². The number of alkyl halides is 3. The van der Waals surface area contributed by atoms with Crippen LogP contribution in [0.5, 0.6) is 0 Å². The third-order valence-electron chi connectivity index (χ3n) is 7.66. The van der Waals surface area contributed by atoms with Gasteiger partial charge in [0.2, 0.25) is 5.91 Å². The Balaban J connectivity index is 1.08. The highest BCUT2D eigenvalue weighted by atomic mass is 19.4. The van der Waals surface area contributed by atoms with Crippen molar-refractivity contribution >= 4 is 11.6 Å². The van der Waals surface area contributed by atoms with E-state index >= 15 is 0 Å². The number of hydrogen-bond donors (Lipinski definition) is 0. The first-order valence-corrected chi connectivity index (χ1v) is 12.9. The van der Waals surface area contributed by atoms with Crippen LogP contribution in [0.3, 0.4) is 0 Å². The Morgan fingerprint density at radius 3 is 1.97 bits per heavy atom. The van der Waals surface area contributed by atoms with Gasteiger partial charge in [0, 0.05) is 50.7 Å². The van der Waals surface area contributed by atoms with E-state index in [2.05, 4.69) is 60.5 Å². The Morgan fingerprint density at radius 1 is 0.838 bits per heavy atom. The minimum atomic E-state index is -4.33. The SMILES string of the molecule is CN(CCC(=O)N1CCN(c2ccc(C(F)(F)F)cc2)CC1)CCC1c2ccccc2-c2ccccc21. The Hall–Kier alpha value is -3.32. The van der Waals surface area contributed by atoms with Crippen LogP contribution in [0.2, 0.25) is 0 Å². The second-order valence-corrected chi connectivity index (χ2v) is 9.98. The third-order valence-corrected chi connectivity index (χ3v) is 7.66. The van der Waals surface area contributed by atoms with Crippen molar-refractivity contribution in [1.29, 1.82) is 0 Å². The summed E-state index contributed by atoms with van der Waals surface area (Å²) in [5.41, 5.74) is 5.55. The van der Waals surface area contributed by atoms with Crippen LogP contribution >= 0.6 is 0 Å². The molecule has 0 spiro atoms. The highest BCUT2D eigenvalue weighted by Gasteiger charge is 2.31. The molecule has 1 aliphatic heterocycles. The molecule has 0 unspecified atom stereocenters. The molecule has 1 fully saturated rings. The van der Waals surface area contributed by atoms with E-state index in [-0.39, 0.29) is 5.91 Å². The number of carbonyl (C=O) groups excluding carboxylic acids is 1. The van der Waals surface area contributed by atoms with E-state index in [1.165, 1.54) is 34.4 Å². The fourth-order valence-electron chi connectivity index (χ4n) is 5.55. The molecule has 0 aromatic heterocycles. The molecule has 0 saturated carbocycles. The van der Waals surface area contributed by atoms with Crippen molar-refractivity contribution < 1.29 is 18.0 Å². The van der Waals surface area contributed by atoms with E-state index in [1.54, 1.807) is 0 Å². The number of carbonyl (C=O) groups is 1. The lowest BCUT2D eigenvalue weighted by Crippen LogP contribution is -2.49. The van der Waals surface area contributed by atoms with Crippen molar-refractivity contribution in [3.63, 3.8) is 0 Å². The van der Waals surface area contributed by atoms with Gasteiger partial charge in [-0.3, -0.25) is 4.79 Å². The van der Waals surface area contributed by atoms with Crippen molar-refractivity contribution in [3.8, 4) is 11.1 Å². The molecule has 0 radical (unpaired) electrons. The van der Waals surface area contributed by atoms with Gasteiger partial charge in [-0.05, 0) is 66.5 Å². The quantitative estimate of drug-likeness (QED) is 0.400. The van der Waals surface area contributed by atoms with E-state index in [0.29, 0.717) is 45.1 Å². The van der Waals surface area contributed by atoms with Crippen molar-refractivity contribution in [2.24, 2.45) is 0 Å². The lowest BCUT2D eigenvalue weighted by Gasteiger charge is -2.36. The predicted molar refractivity (Wildman–Crippen MR) is 141 cm³/mol. The van der Waals surface area contributed by atoms with E-state index in [9.17, 15) is 18.0 Å². The lowest BCUT2D eigenvalue weighted by molar-refractivity contribution is -0.137. The molecular weight excluding hydrogens is 475 g/mol. The fraction of sp³-hybridized carbons (Fsp3) is 0.367. The van der Waals surface area contributed by atoms with Gasteiger partial charge in [-0.2, -0.15) is 13.2 Å². The summed E-state index contributed by atoms with van der Waals surface area (Å²) in [6.07, 6.45) is -2.86. The highest BCUT2D eigenvalue weighted by molar-refractivity contribution is 5.78. The van der Waals surface area contributed by atoms with Gasteiger partial charge in [0.05, 0.1) is 5.56 Å². The first-order chi connectivity index (χ1) is 17.8. The fourth-order valence-corrected chi connectivity index (χ4v) is 5.55. The summed E-state index contributed by atoms with van der Waals surface area (Å²) in [5.74, 6) is 0.513. The zero-order valence-electron chi connectivity index (χ0n) is 21.0. The Morgan fingerprint density at radius 2 is 1.41 bits per heavy atom. The van der Waals surface area contributed by atoms with E-state index in [4.69, 9.17) is 0 Å². The van der Waals surface area contributed by atoms with E-state index < -0.39 is 11.7 Å². The van der Waals surface area contributed by atoms with Gasteiger partial charge in [0.15, 0.2) is 0 Å². The van der Waals surface area contributed by atoms with Crippen LogP contribution in [0.1, 0.15) is 35.4 Å². The number of hydrogen-bond acceptors (Lipinski definition) is 3. The molecule has 3 aromatic carbocycles. The molecule has 0 bridgehead atoms. The smallest absolute Gasteiger partial charge is 0.368 e. The molecule has 0 N–H and O–H groups in total. The number of halogens is 3. The van der Waals surface area contributed by atoms with Gasteiger partial charge >= 0.3 is 6.18 Å². The van der Waals surface area contributed by atoms with Gasteiger partial charge in [-0.25, -0.2) is 0 Å². The number of piperazine rings is 1. The van der Waals surface area contributed by atoms with Gasteiger partial charge in [0.25, 0.3) is 0 Å². The number of amides is 1. The molecule has 2 aliphatic rings. The van der Waals surface area contributed by atoms with Crippen LogP contribution in [0, 0.1) is 0 Å². The van der Waals surface area contributed by atoms with Crippen molar-refractivity contribution in [1.82, 2.24) is 9.80 Å². The van der Waals surface area contributed by atoms with Crippen LogP contribution in [0.25, 0.3) is 11.1 Å². The third kappa shape index (κ3) is 5.52. The Bertz CT molecular complexity index is 1190. The van der Waals surface area contributed by atoms with Gasteiger partial charge in [-0.1, -0.05) is 48.5 Å². The van der Waals surface area contributed by atoms with Crippen molar-refractivity contribution in [2.45, 2.75) is 24.9 Å². The summed E-state index contributed by atoms with van der Waals surface area (Å²) in [5, 5.41) is 0. The maximum atomic E-state index is 12.8. The van der Waals surface area contributed by atoms with E-state index in [0.717, 1.165) is 30.8 Å². The molecule has 1 amide bonds. The molecule has 1 saturated heterocycles. The number of rotatable bonds is 7. The molecule has 5 rings (SSSR count). The van der Waals surface area contributed by atoms with E-state index in [1.807, 2.05) is 9.80 Å². The molecular formula is C30H32F3N3O. The average molecular weight is 508 g/mol. The summed E-state index contributed by atoms with van der Waals surface area (Å²) in [4.78, 5) is 19.0. The summed E-state index contributed by atoms with van der Waals surface area (Å²) >= 11 is 0. The largest absolute Gasteiger partial charge is 0.416 e. The zero-order chi connectivity index (χ0) is 26.0. The molecule has 37 heavy (non-hydrogen) atoms. The minimum Gasteiger partial charge on any atom is -0.368 e. The van der Waals surface area contributed by atoms with Crippen LogP contribution in [0.4, 0.5) is 18.9 Å². The minimum absolute atomic E-state index is 0.135. The van der Waals surface area contributed by atoms with Crippen LogP contribution < -0.4 is 4.90 Å². The second-order valence-electron chi connectivity index (χ2n) is 9.98. The molecule has 4 nitrogen and oxygen atoms in total. The maximum absolute atomic E-state index is 12.8. The second kappa shape index (κ2) is 10.6. The molecule has 3 aromatic rings. The number of fused-ring (bicyclic) bond motifs is 3. The summed E-state index contributed by atoms with van der Waals surface area (Å²) < 4.78 is 38.4. The summed E-state index contributed by atoms with van der Waals surface area (Å²) in [6.45, 7) is 4.01. The van der Waals surface area contributed by atoms with Crippen LogP contribution in [0.15, 0.2) is 72.8 Å². The van der Waals surface area contributed by atoms with Gasteiger partial charge in [0.1, 0.15) is 0 Å². The molecule has 194 valence electrons. The first-order valence-electron chi connectivity index (χ1n) is 12.9. The monoisotopic (exact) mass is 507 g/mol. The normalized spacial score (nSPS) is 15.7. The first kappa shape index (κ1) is 25.3. The van der Waals surface area contributed by atoms with Crippen molar-refractivity contribution in [3.05, 3.63) is 89.5 Å². The molecule has 1 aliphatic carbocycles. The van der Waals surface area contributed by atoms with Crippen molar-refractivity contribution in [2.75, 3.05) is 51.2 Å². The standard InChI is InChI=1S/C30H32F3N3O/c1-34(16-14-28-26-8-4-2-6-24(26)25-7-3-5-9-27(25)28)17-15-29(37)36-20-18-35(19-21-36)23-12-10-22(11-13-23)30(31,32)33/h2-13,28H,14-21H2,1H3. The topological polar surface area (TPSA) is 26.8 Å². The average Bonchev–Trinajstić information content (AvgIpc) is 3.24. The van der Waals surface area contributed by atoms with Gasteiger partial charge < -0.3 is 14.7 Å². The maximum Gasteiger partial charge on any atom is 0.416 e. The summed E-state index contributed by atoms with van der Waals surface area (Å²) in [7, 11) is 2.07. The summed E-state index contributed by atoms with van der Waals surface area (Å²) in [6, 6.07) is 22.5. The predicted octanol–water partition coefficient (Wildman–Crippen LogP) is 5.88. The molecule has 7 heteroatoms. The Kier molecular flexibility index (Phi) is 7.24. The van der Waals surface area contributed by atoms with Crippen LogP contribution in [-0.4, -0.2) is 62.0 Å². The number of nitrogens with zero attached hydrogens (tertiary/aromatic N) is 3. The zero-order valence-corrected chi connectivity index (χ0v) is 21.0. The molecule has 0 atom stereocenters. The number of benzene rings is 3. The highest BCUT2D eigenvalue weighted by Crippen LogP contribution is 2.46.